The van der Waals surface area contributed by atoms with Gasteiger partial charge in [-0.25, -0.2) is 14.6 Å². The highest BCUT2D eigenvalue weighted by molar-refractivity contribution is 7.98. The Morgan fingerprint density at radius 1 is 0.816 bits per heavy atom. The Morgan fingerprint density at radius 3 is 2.13 bits per heavy atom. The number of carbonyl (C=O) groups excluding carboxylic acids is 1. The monoisotopic (exact) mass is 521 g/mol. The molecule has 0 saturated carbocycles. The van der Waals surface area contributed by atoms with E-state index in [9.17, 15) is 4.79 Å². The number of anilines is 3. The summed E-state index contributed by atoms with van der Waals surface area (Å²) in [5.41, 5.74) is 7.26. The molecule has 9 heteroatoms. The van der Waals surface area contributed by atoms with E-state index in [1.165, 1.54) is 11.8 Å². The first-order chi connectivity index (χ1) is 18.4. The first-order valence-electron chi connectivity index (χ1n) is 12.1. The fourth-order valence-electron chi connectivity index (χ4n) is 3.91. The molecule has 5 aromatic rings. The molecule has 2 heterocycles. The van der Waals surface area contributed by atoms with Gasteiger partial charge in [-0.1, -0.05) is 52.9 Å². The molecule has 0 radical (unpaired) electrons. The average Bonchev–Trinajstić information content (AvgIpc) is 3.33. The smallest absolute Gasteiger partial charge is 0.278 e. The van der Waals surface area contributed by atoms with Crippen molar-refractivity contribution in [2.75, 3.05) is 10.6 Å². The number of nitrogens with one attached hydrogen (secondary N) is 2. The molecule has 2 N–H and O–H groups in total. The molecule has 0 fully saturated rings. The van der Waals surface area contributed by atoms with Crippen LogP contribution in [0.3, 0.4) is 0 Å². The van der Waals surface area contributed by atoms with Crippen LogP contribution in [0, 0.1) is 20.8 Å². The first kappa shape index (κ1) is 25.2. The van der Waals surface area contributed by atoms with Gasteiger partial charge in [0.25, 0.3) is 5.91 Å². The standard InChI is InChI=1S/C29H27N7OS/c1-19-9-15-25(16-10-19)36-26(18-38-29-30-20(2)17-21(3)31-29)27(34-35-36)28(37)33-24-13-11-23(12-14-24)32-22-7-5-4-6-8-22/h4-17,32H,18H2,1-3H3,(H,33,37). The summed E-state index contributed by atoms with van der Waals surface area (Å²) in [6, 6.07) is 27.3. The summed E-state index contributed by atoms with van der Waals surface area (Å²) in [5, 5.41) is 15.5. The number of benzene rings is 3. The Bertz CT molecular complexity index is 1530. The van der Waals surface area contributed by atoms with Crippen LogP contribution < -0.4 is 10.6 Å². The van der Waals surface area contributed by atoms with Crippen LogP contribution in [0.5, 0.6) is 0 Å². The summed E-state index contributed by atoms with van der Waals surface area (Å²) in [6.45, 7) is 5.91. The van der Waals surface area contributed by atoms with Crippen molar-refractivity contribution in [2.24, 2.45) is 0 Å². The summed E-state index contributed by atoms with van der Waals surface area (Å²) in [7, 11) is 0. The van der Waals surface area contributed by atoms with Gasteiger partial charge in [-0.05, 0) is 75.4 Å². The minimum Gasteiger partial charge on any atom is -0.356 e. The molecule has 38 heavy (non-hydrogen) atoms. The maximum atomic E-state index is 13.3. The van der Waals surface area contributed by atoms with Crippen LogP contribution in [-0.2, 0) is 5.75 Å². The first-order valence-corrected chi connectivity index (χ1v) is 13.1. The van der Waals surface area contributed by atoms with Gasteiger partial charge in [0.15, 0.2) is 10.9 Å². The van der Waals surface area contributed by atoms with Gasteiger partial charge in [0, 0.05) is 34.2 Å². The van der Waals surface area contributed by atoms with Crippen molar-refractivity contribution in [3.05, 3.63) is 113 Å². The van der Waals surface area contributed by atoms with Crippen LogP contribution in [-0.4, -0.2) is 30.9 Å². The lowest BCUT2D eigenvalue weighted by Crippen LogP contribution is -2.15. The highest BCUT2D eigenvalue weighted by atomic mass is 32.2. The Morgan fingerprint density at radius 2 is 1.45 bits per heavy atom. The summed E-state index contributed by atoms with van der Waals surface area (Å²) >= 11 is 1.45. The van der Waals surface area contributed by atoms with Crippen molar-refractivity contribution in [2.45, 2.75) is 31.7 Å². The zero-order chi connectivity index (χ0) is 26.5. The fourth-order valence-corrected chi connectivity index (χ4v) is 4.85. The number of carbonyl (C=O) groups is 1. The lowest BCUT2D eigenvalue weighted by molar-refractivity contribution is 0.102. The van der Waals surface area contributed by atoms with E-state index in [2.05, 4.69) is 30.9 Å². The number of hydrogen-bond acceptors (Lipinski definition) is 7. The van der Waals surface area contributed by atoms with Crippen LogP contribution in [0.4, 0.5) is 17.1 Å². The van der Waals surface area contributed by atoms with Crippen molar-refractivity contribution in [3.8, 4) is 5.69 Å². The highest BCUT2D eigenvalue weighted by Crippen LogP contribution is 2.25. The summed E-state index contributed by atoms with van der Waals surface area (Å²) in [5.74, 6) is 0.0935. The number of hydrogen-bond donors (Lipinski definition) is 2. The topological polar surface area (TPSA) is 97.6 Å². The van der Waals surface area contributed by atoms with Gasteiger partial charge in [0.2, 0.25) is 0 Å². The van der Waals surface area contributed by atoms with Gasteiger partial charge in [-0.15, -0.1) is 5.10 Å². The number of amides is 1. The van der Waals surface area contributed by atoms with Crippen LogP contribution in [0.1, 0.15) is 33.1 Å². The van der Waals surface area contributed by atoms with Crippen LogP contribution in [0.15, 0.2) is 90.1 Å². The number of nitrogens with zero attached hydrogens (tertiary/aromatic N) is 5. The molecule has 2 aromatic heterocycles. The minimum absolute atomic E-state index is 0.258. The van der Waals surface area contributed by atoms with Crippen molar-refractivity contribution in [3.63, 3.8) is 0 Å². The van der Waals surface area contributed by atoms with Gasteiger partial charge in [-0.2, -0.15) is 0 Å². The molecular formula is C29H27N7OS. The summed E-state index contributed by atoms with van der Waals surface area (Å²) in [4.78, 5) is 22.4. The van der Waals surface area contributed by atoms with E-state index >= 15 is 0 Å². The quantitative estimate of drug-likeness (QED) is 0.183. The zero-order valence-corrected chi connectivity index (χ0v) is 22.2. The molecule has 1 amide bonds. The molecule has 3 aromatic carbocycles. The highest BCUT2D eigenvalue weighted by Gasteiger charge is 2.22. The number of aromatic nitrogens is 5. The second-order valence-corrected chi connectivity index (χ2v) is 9.82. The Hall–Kier alpha value is -4.50. The van der Waals surface area contributed by atoms with E-state index in [1.54, 1.807) is 4.68 Å². The van der Waals surface area contributed by atoms with Crippen molar-refractivity contribution >= 4 is 34.7 Å². The van der Waals surface area contributed by atoms with E-state index in [4.69, 9.17) is 0 Å². The van der Waals surface area contributed by atoms with Gasteiger partial charge in [0.05, 0.1) is 11.4 Å². The molecule has 0 atom stereocenters. The third-order valence-corrected chi connectivity index (χ3v) is 6.62. The van der Waals surface area contributed by atoms with Crippen LogP contribution >= 0.6 is 11.8 Å². The number of rotatable bonds is 8. The predicted molar refractivity (Wildman–Crippen MR) is 151 cm³/mol. The Balaban J connectivity index is 1.38. The van der Waals surface area contributed by atoms with Crippen molar-refractivity contribution in [1.82, 2.24) is 25.0 Å². The number of aryl methyl sites for hydroxylation is 3. The lowest BCUT2D eigenvalue weighted by Gasteiger charge is -2.10. The molecule has 0 aliphatic heterocycles. The van der Waals surface area contributed by atoms with Gasteiger partial charge in [-0.3, -0.25) is 4.79 Å². The molecule has 0 bridgehead atoms. The largest absolute Gasteiger partial charge is 0.356 e. The molecule has 0 aliphatic carbocycles. The molecule has 8 nitrogen and oxygen atoms in total. The molecular weight excluding hydrogens is 494 g/mol. The number of para-hydroxylation sites is 1. The Kier molecular flexibility index (Phi) is 7.46. The maximum Gasteiger partial charge on any atom is 0.278 e. The fraction of sp³-hybridized carbons (Fsp3) is 0.138. The van der Waals surface area contributed by atoms with Crippen LogP contribution in [0.2, 0.25) is 0 Å². The van der Waals surface area contributed by atoms with Crippen LogP contribution in [0.25, 0.3) is 5.69 Å². The van der Waals surface area contributed by atoms with E-state index < -0.39 is 0 Å². The minimum atomic E-state index is -0.330. The molecule has 190 valence electrons. The third kappa shape index (κ3) is 6.07. The second-order valence-electron chi connectivity index (χ2n) is 8.88. The summed E-state index contributed by atoms with van der Waals surface area (Å²) in [6.07, 6.45) is 0. The normalized spacial score (nSPS) is 10.8. The summed E-state index contributed by atoms with van der Waals surface area (Å²) < 4.78 is 1.71. The van der Waals surface area contributed by atoms with Crippen molar-refractivity contribution < 1.29 is 4.79 Å². The predicted octanol–water partition coefficient (Wildman–Crippen LogP) is 6.27. The van der Waals surface area contributed by atoms with Gasteiger partial charge >= 0.3 is 0 Å². The molecule has 0 aliphatic rings. The zero-order valence-electron chi connectivity index (χ0n) is 21.3. The number of thioether (sulfide) groups is 1. The van der Waals surface area contributed by atoms with E-state index in [0.717, 1.165) is 34.0 Å². The second kappa shape index (κ2) is 11.3. The van der Waals surface area contributed by atoms with Gasteiger partial charge < -0.3 is 10.6 Å². The van der Waals surface area contributed by atoms with Gasteiger partial charge in [0.1, 0.15) is 0 Å². The molecule has 5 rings (SSSR count). The average molecular weight is 522 g/mol. The molecule has 0 unspecified atom stereocenters. The Labute approximate surface area is 225 Å². The molecule has 0 saturated heterocycles. The maximum absolute atomic E-state index is 13.3. The lowest BCUT2D eigenvalue weighted by atomic mass is 10.2. The SMILES string of the molecule is Cc1ccc(-n2nnc(C(=O)Nc3ccc(Nc4ccccc4)cc3)c2CSc2nc(C)cc(C)n2)cc1. The van der Waals surface area contributed by atoms with Crippen molar-refractivity contribution in [1.29, 1.82) is 0 Å². The van der Waals surface area contributed by atoms with E-state index in [0.29, 0.717) is 22.3 Å². The molecule has 0 spiro atoms. The van der Waals surface area contributed by atoms with E-state index in [1.807, 2.05) is 106 Å². The van der Waals surface area contributed by atoms with E-state index in [-0.39, 0.29) is 11.6 Å². The third-order valence-electron chi connectivity index (χ3n) is 5.76.